The third kappa shape index (κ3) is 4.42. The Labute approximate surface area is 168 Å². The van der Waals surface area contributed by atoms with Gasteiger partial charge in [0.15, 0.2) is 22.9 Å². The van der Waals surface area contributed by atoms with E-state index in [-0.39, 0.29) is 33.6 Å². The Bertz CT molecular complexity index is 919. The molecule has 0 atom stereocenters. The number of phenols is 2. The first-order valence-corrected chi connectivity index (χ1v) is 9.07. The molecular formula is C20H24ClN3O4. The molecule has 0 unspecified atom stereocenters. The molecule has 2 aromatic carbocycles. The van der Waals surface area contributed by atoms with Gasteiger partial charge in [0.05, 0.1) is 4.92 Å². The van der Waals surface area contributed by atoms with E-state index in [1.54, 1.807) is 6.07 Å². The van der Waals surface area contributed by atoms with Gasteiger partial charge in [-0.15, -0.1) is 10.2 Å². The molecule has 0 aliphatic heterocycles. The van der Waals surface area contributed by atoms with Gasteiger partial charge in [0.25, 0.3) is 5.69 Å². The van der Waals surface area contributed by atoms with E-state index in [2.05, 4.69) is 10.2 Å². The zero-order valence-corrected chi connectivity index (χ0v) is 17.5. The number of halogens is 1. The average molecular weight is 406 g/mol. The lowest BCUT2D eigenvalue weighted by Gasteiger charge is -2.27. The Morgan fingerprint density at radius 3 is 1.86 bits per heavy atom. The molecule has 2 rings (SSSR count). The molecule has 0 amide bonds. The van der Waals surface area contributed by atoms with Crippen LogP contribution < -0.4 is 0 Å². The molecule has 0 saturated carbocycles. The molecule has 0 aromatic heterocycles. The Balaban J connectivity index is 2.73. The number of rotatable bonds is 3. The second kappa shape index (κ2) is 7.39. The van der Waals surface area contributed by atoms with Gasteiger partial charge in [0, 0.05) is 22.2 Å². The number of benzene rings is 2. The summed E-state index contributed by atoms with van der Waals surface area (Å²) in [5.74, 6) is -0.420. The van der Waals surface area contributed by atoms with E-state index in [1.165, 1.54) is 18.2 Å². The van der Waals surface area contributed by atoms with E-state index in [0.717, 1.165) is 0 Å². The van der Waals surface area contributed by atoms with Crippen LogP contribution in [0.15, 0.2) is 34.5 Å². The number of hydrogen-bond acceptors (Lipinski definition) is 6. The highest BCUT2D eigenvalue weighted by Crippen LogP contribution is 2.49. The summed E-state index contributed by atoms with van der Waals surface area (Å²) in [7, 11) is 0. The van der Waals surface area contributed by atoms with Crippen molar-refractivity contribution < 1.29 is 15.1 Å². The maximum absolute atomic E-state index is 11.2. The van der Waals surface area contributed by atoms with E-state index < -0.39 is 15.8 Å². The Morgan fingerprint density at radius 1 is 0.929 bits per heavy atom. The van der Waals surface area contributed by atoms with E-state index in [4.69, 9.17) is 11.6 Å². The smallest absolute Gasteiger partial charge is 0.298 e. The van der Waals surface area contributed by atoms with E-state index >= 15 is 0 Å². The number of nitrogens with zero attached hydrogens (tertiary/aromatic N) is 3. The van der Waals surface area contributed by atoms with Gasteiger partial charge in [-0.2, -0.15) is 0 Å². The second-order valence-electron chi connectivity index (χ2n) is 8.61. The van der Waals surface area contributed by atoms with Crippen LogP contribution in [0.4, 0.5) is 17.1 Å². The molecule has 0 spiro atoms. The molecule has 150 valence electrons. The van der Waals surface area contributed by atoms with Crippen LogP contribution in [0, 0.1) is 10.1 Å². The summed E-state index contributed by atoms with van der Waals surface area (Å²) in [6, 6.07) is 5.74. The lowest BCUT2D eigenvalue weighted by Crippen LogP contribution is -2.16. The van der Waals surface area contributed by atoms with E-state index in [1.807, 2.05) is 41.5 Å². The topological polar surface area (TPSA) is 108 Å². The van der Waals surface area contributed by atoms with Gasteiger partial charge in [-0.1, -0.05) is 53.1 Å². The van der Waals surface area contributed by atoms with Crippen LogP contribution in [0.3, 0.4) is 0 Å². The fourth-order valence-corrected chi connectivity index (χ4v) is 2.88. The van der Waals surface area contributed by atoms with Gasteiger partial charge in [-0.25, -0.2) is 0 Å². The van der Waals surface area contributed by atoms with Crippen molar-refractivity contribution in [1.82, 2.24) is 0 Å². The van der Waals surface area contributed by atoms with Crippen molar-refractivity contribution in [3.05, 3.63) is 50.5 Å². The van der Waals surface area contributed by atoms with Gasteiger partial charge in [-0.3, -0.25) is 10.1 Å². The van der Waals surface area contributed by atoms with Crippen molar-refractivity contribution >= 4 is 28.7 Å². The molecule has 0 saturated heterocycles. The maximum atomic E-state index is 11.2. The summed E-state index contributed by atoms with van der Waals surface area (Å²) in [4.78, 5) is 10.6. The second-order valence-corrected chi connectivity index (χ2v) is 9.04. The van der Waals surface area contributed by atoms with Gasteiger partial charge >= 0.3 is 0 Å². The minimum atomic E-state index is -0.619. The molecule has 8 heteroatoms. The van der Waals surface area contributed by atoms with Crippen LogP contribution in [0.1, 0.15) is 52.7 Å². The quantitative estimate of drug-likeness (QED) is 0.337. The van der Waals surface area contributed by atoms with Crippen LogP contribution in [0.2, 0.25) is 5.02 Å². The van der Waals surface area contributed by atoms with Crippen LogP contribution in [-0.2, 0) is 10.8 Å². The lowest BCUT2D eigenvalue weighted by atomic mass is 9.79. The molecule has 2 aromatic rings. The van der Waals surface area contributed by atoms with E-state index in [0.29, 0.717) is 11.1 Å². The minimum absolute atomic E-state index is 0.0355. The predicted molar refractivity (Wildman–Crippen MR) is 109 cm³/mol. The molecule has 2 N–H and O–H groups in total. The van der Waals surface area contributed by atoms with Gasteiger partial charge in [0.1, 0.15) is 0 Å². The maximum Gasteiger partial charge on any atom is 0.298 e. The molecule has 0 heterocycles. The highest BCUT2D eigenvalue weighted by molar-refractivity contribution is 6.30. The zero-order chi connectivity index (χ0) is 21.4. The summed E-state index contributed by atoms with van der Waals surface area (Å²) in [6.45, 7) is 11.6. The highest BCUT2D eigenvalue weighted by Gasteiger charge is 2.29. The van der Waals surface area contributed by atoms with Crippen molar-refractivity contribution in [1.29, 1.82) is 0 Å². The molecule has 0 fully saturated rings. The van der Waals surface area contributed by atoms with Gasteiger partial charge in [-0.05, 0) is 29.0 Å². The number of hydrogen-bond donors (Lipinski definition) is 2. The summed E-state index contributed by atoms with van der Waals surface area (Å²) >= 11 is 5.81. The summed E-state index contributed by atoms with van der Waals surface area (Å²) in [6.07, 6.45) is 0. The van der Waals surface area contributed by atoms with Crippen molar-refractivity contribution in [3.63, 3.8) is 0 Å². The van der Waals surface area contributed by atoms with Gasteiger partial charge < -0.3 is 10.2 Å². The Hall–Kier alpha value is -2.67. The molecule has 0 bridgehead atoms. The third-order valence-corrected chi connectivity index (χ3v) is 4.49. The molecule has 0 aliphatic carbocycles. The SMILES string of the molecule is CC(C)(C)c1cc(C(C)(C)C)c(O)c(N=Nc2ccc(Cl)cc2[N+](=O)[O-])c1O. The first-order valence-electron chi connectivity index (χ1n) is 8.69. The third-order valence-electron chi connectivity index (χ3n) is 4.26. The van der Waals surface area contributed by atoms with Crippen LogP contribution in [0.25, 0.3) is 0 Å². The molecule has 0 aliphatic rings. The predicted octanol–water partition coefficient (Wildman–Crippen LogP) is 6.67. The average Bonchev–Trinajstić information content (AvgIpc) is 2.53. The number of nitro groups is 1. The summed E-state index contributed by atoms with van der Waals surface area (Å²) in [5.41, 5.74) is -0.140. The Morgan fingerprint density at radius 2 is 1.43 bits per heavy atom. The summed E-state index contributed by atoms with van der Waals surface area (Å²) < 4.78 is 0. The number of nitro benzene ring substituents is 1. The van der Waals surface area contributed by atoms with Crippen molar-refractivity contribution in [2.75, 3.05) is 0 Å². The first kappa shape index (κ1) is 21.6. The first-order chi connectivity index (χ1) is 12.7. The fraction of sp³-hybridized carbons (Fsp3) is 0.400. The van der Waals surface area contributed by atoms with E-state index in [9.17, 15) is 20.3 Å². The van der Waals surface area contributed by atoms with Crippen LogP contribution >= 0.6 is 11.6 Å². The molecular weight excluding hydrogens is 382 g/mol. The number of aromatic hydroxyl groups is 2. The Kier molecular flexibility index (Phi) is 5.71. The fourth-order valence-electron chi connectivity index (χ4n) is 2.72. The monoisotopic (exact) mass is 405 g/mol. The number of phenolic OH excluding ortho intramolecular Hbond substituents is 2. The van der Waals surface area contributed by atoms with Crippen LogP contribution in [-0.4, -0.2) is 15.1 Å². The number of azo groups is 1. The largest absolute Gasteiger partial charge is 0.505 e. The lowest BCUT2D eigenvalue weighted by molar-refractivity contribution is -0.384. The van der Waals surface area contributed by atoms with Crippen molar-refractivity contribution in [3.8, 4) is 11.5 Å². The van der Waals surface area contributed by atoms with Crippen LogP contribution in [0.5, 0.6) is 11.5 Å². The molecule has 7 nitrogen and oxygen atoms in total. The normalized spacial score (nSPS) is 12.5. The zero-order valence-electron chi connectivity index (χ0n) is 16.7. The summed E-state index contributed by atoms with van der Waals surface area (Å²) in [5, 5.41) is 40.8. The standard InChI is InChI=1S/C20H24ClN3O4/c1-19(2,3)12-10-13(20(4,5)6)18(26)16(17(12)25)23-22-14-8-7-11(21)9-15(14)24(27)28/h7-10,25-26H,1-6H3. The highest BCUT2D eigenvalue weighted by atomic mass is 35.5. The van der Waals surface area contributed by atoms with Gasteiger partial charge in [0.2, 0.25) is 0 Å². The van der Waals surface area contributed by atoms with Crippen molar-refractivity contribution in [2.24, 2.45) is 10.2 Å². The molecule has 0 radical (unpaired) electrons. The van der Waals surface area contributed by atoms with Crippen molar-refractivity contribution in [2.45, 2.75) is 52.4 Å². The minimum Gasteiger partial charge on any atom is -0.505 e. The molecule has 28 heavy (non-hydrogen) atoms.